The SMILES string of the molecule is COC(=O)C1C2CCC(C2)C1Cl. The van der Waals surface area contributed by atoms with E-state index in [9.17, 15) is 4.79 Å². The van der Waals surface area contributed by atoms with Crippen molar-refractivity contribution in [3.63, 3.8) is 0 Å². The van der Waals surface area contributed by atoms with E-state index in [0.29, 0.717) is 11.8 Å². The van der Waals surface area contributed by atoms with Crippen LogP contribution in [0.3, 0.4) is 0 Å². The molecule has 2 bridgehead atoms. The number of ether oxygens (including phenoxy) is 1. The number of alkyl halides is 1. The minimum Gasteiger partial charge on any atom is -0.469 e. The molecule has 0 radical (unpaired) electrons. The molecule has 0 aliphatic heterocycles. The Bertz CT molecular complexity index is 203. The molecule has 0 spiro atoms. The molecular weight excluding hydrogens is 176 g/mol. The zero-order valence-electron chi connectivity index (χ0n) is 7.13. The third kappa shape index (κ3) is 1.05. The van der Waals surface area contributed by atoms with E-state index in [0.717, 1.165) is 12.8 Å². The van der Waals surface area contributed by atoms with E-state index < -0.39 is 0 Å². The van der Waals surface area contributed by atoms with Crippen LogP contribution in [0, 0.1) is 17.8 Å². The van der Waals surface area contributed by atoms with Gasteiger partial charge in [-0.05, 0) is 31.1 Å². The van der Waals surface area contributed by atoms with E-state index in [2.05, 4.69) is 0 Å². The van der Waals surface area contributed by atoms with Gasteiger partial charge in [0.15, 0.2) is 0 Å². The van der Waals surface area contributed by atoms with Crippen molar-refractivity contribution in [2.75, 3.05) is 7.11 Å². The maximum atomic E-state index is 11.3. The van der Waals surface area contributed by atoms with Crippen molar-refractivity contribution in [2.45, 2.75) is 24.6 Å². The smallest absolute Gasteiger partial charge is 0.310 e. The van der Waals surface area contributed by atoms with Crippen LogP contribution in [0.1, 0.15) is 19.3 Å². The second-order valence-corrected chi connectivity index (χ2v) is 4.33. The van der Waals surface area contributed by atoms with Crippen molar-refractivity contribution in [3.05, 3.63) is 0 Å². The Hall–Kier alpha value is -0.240. The van der Waals surface area contributed by atoms with E-state index in [1.165, 1.54) is 13.5 Å². The van der Waals surface area contributed by atoms with Crippen LogP contribution in [-0.4, -0.2) is 18.5 Å². The monoisotopic (exact) mass is 188 g/mol. The van der Waals surface area contributed by atoms with Crippen LogP contribution < -0.4 is 0 Å². The van der Waals surface area contributed by atoms with Crippen molar-refractivity contribution in [3.8, 4) is 0 Å². The van der Waals surface area contributed by atoms with Crippen molar-refractivity contribution in [2.24, 2.45) is 17.8 Å². The van der Waals surface area contributed by atoms with E-state index in [1.807, 2.05) is 0 Å². The molecule has 0 saturated heterocycles. The van der Waals surface area contributed by atoms with Gasteiger partial charge in [-0.3, -0.25) is 4.79 Å². The fourth-order valence-electron chi connectivity index (χ4n) is 2.68. The molecule has 2 aliphatic rings. The summed E-state index contributed by atoms with van der Waals surface area (Å²) >= 11 is 6.15. The Balaban J connectivity index is 2.12. The average Bonchev–Trinajstić information content (AvgIpc) is 2.63. The van der Waals surface area contributed by atoms with Crippen LogP contribution in [0.15, 0.2) is 0 Å². The van der Waals surface area contributed by atoms with Gasteiger partial charge in [-0.15, -0.1) is 11.6 Å². The van der Waals surface area contributed by atoms with Crippen LogP contribution in [0.25, 0.3) is 0 Å². The summed E-state index contributed by atoms with van der Waals surface area (Å²) < 4.78 is 4.73. The molecule has 68 valence electrons. The number of carbonyl (C=O) groups is 1. The normalized spacial score (nSPS) is 44.8. The Morgan fingerprint density at radius 2 is 2.08 bits per heavy atom. The molecule has 12 heavy (non-hydrogen) atoms. The van der Waals surface area contributed by atoms with Gasteiger partial charge in [0, 0.05) is 5.38 Å². The lowest BCUT2D eigenvalue weighted by atomic mass is 9.88. The Morgan fingerprint density at radius 3 is 2.58 bits per heavy atom. The summed E-state index contributed by atoms with van der Waals surface area (Å²) in [6.45, 7) is 0. The summed E-state index contributed by atoms with van der Waals surface area (Å²) in [5.74, 6) is 0.948. The zero-order valence-corrected chi connectivity index (χ0v) is 7.88. The first-order valence-electron chi connectivity index (χ1n) is 4.46. The summed E-state index contributed by atoms with van der Waals surface area (Å²) in [5, 5.41) is 0.0381. The third-order valence-electron chi connectivity index (χ3n) is 3.29. The second-order valence-electron chi connectivity index (χ2n) is 3.83. The first-order chi connectivity index (χ1) is 5.74. The molecular formula is C9H13ClO2. The number of esters is 1. The second kappa shape index (κ2) is 2.91. The first kappa shape index (κ1) is 8.36. The maximum absolute atomic E-state index is 11.3. The summed E-state index contributed by atoms with van der Waals surface area (Å²) in [4.78, 5) is 11.3. The highest BCUT2D eigenvalue weighted by Crippen LogP contribution is 2.51. The van der Waals surface area contributed by atoms with Gasteiger partial charge in [0.1, 0.15) is 0 Å². The minimum absolute atomic E-state index is 0.0181. The van der Waals surface area contributed by atoms with Crippen molar-refractivity contribution < 1.29 is 9.53 Å². The molecule has 0 amide bonds. The highest BCUT2D eigenvalue weighted by atomic mass is 35.5. The molecule has 2 aliphatic carbocycles. The van der Waals surface area contributed by atoms with Crippen LogP contribution in [-0.2, 0) is 9.53 Å². The standard InChI is InChI=1S/C9H13ClO2/c1-12-9(11)7-5-2-3-6(4-5)8(7)10/h5-8H,2-4H2,1H3. The van der Waals surface area contributed by atoms with Crippen molar-refractivity contribution in [1.29, 1.82) is 0 Å². The number of halogens is 1. The Kier molecular flexibility index (Phi) is 2.03. The van der Waals surface area contributed by atoms with Gasteiger partial charge < -0.3 is 4.74 Å². The van der Waals surface area contributed by atoms with Crippen LogP contribution in [0.2, 0.25) is 0 Å². The van der Waals surface area contributed by atoms with Crippen LogP contribution in [0.4, 0.5) is 0 Å². The summed E-state index contributed by atoms with van der Waals surface area (Å²) in [6, 6.07) is 0. The van der Waals surface area contributed by atoms with Gasteiger partial charge >= 0.3 is 5.97 Å². The van der Waals surface area contributed by atoms with E-state index in [-0.39, 0.29) is 17.3 Å². The molecule has 0 aromatic rings. The fraction of sp³-hybridized carbons (Fsp3) is 0.889. The molecule has 4 atom stereocenters. The predicted octanol–water partition coefficient (Wildman–Crippen LogP) is 1.81. The number of carbonyl (C=O) groups excluding carboxylic acids is 1. The molecule has 2 fully saturated rings. The number of methoxy groups -OCH3 is 1. The van der Waals surface area contributed by atoms with Gasteiger partial charge in [-0.2, -0.15) is 0 Å². The maximum Gasteiger partial charge on any atom is 0.310 e. The van der Waals surface area contributed by atoms with Gasteiger partial charge in [-0.1, -0.05) is 0 Å². The van der Waals surface area contributed by atoms with Gasteiger partial charge in [0.2, 0.25) is 0 Å². The van der Waals surface area contributed by atoms with Gasteiger partial charge in [0.05, 0.1) is 13.0 Å². The lowest BCUT2D eigenvalue weighted by Gasteiger charge is -2.23. The molecule has 0 heterocycles. The molecule has 0 aromatic heterocycles. The van der Waals surface area contributed by atoms with Crippen molar-refractivity contribution >= 4 is 17.6 Å². The summed E-state index contributed by atoms with van der Waals surface area (Å²) in [6.07, 6.45) is 3.49. The fourth-order valence-corrected chi connectivity index (χ4v) is 3.22. The average molecular weight is 189 g/mol. The number of rotatable bonds is 1. The van der Waals surface area contributed by atoms with E-state index in [4.69, 9.17) is 16.3 Å². The number of hydrogen-bond acceptors (Lipinski definition) is 2. The van der Waals surface area contributed by atoms with E-state index >= 15 is 0 Å². The highest BCUT2D eigenvalue weighted by Gasteiger charge is 2.50. The van der Waals surface area contributed by atoms with Crippen LogP contribution >= 0.6 is 11.6 Å². The molecule has 2 nitrogen and oxygen atoms in total. The molecule has 0 aromatic carbocycles. The molecule has 0 N–H and O–H groups in total. The Labute approximate surface area is 77.2 Å². The number of fused-ring (bicyclic) bond motifs is 2. The Morgan fingerprint density at radius 1 is 1.42 bits per heavy atom. The summed E-state index contributed by atoms with van der Waals surface area (Å²) in [7, 11) is 1.44. The quantitative estimate of drug-likeness (QED) is 0.464. The largest absolute Gasteiger partial charge is 0.469 e. The summed E-state index contributed by atoms with van der Waals surface area (Å²) in [5.41, 5.74) is 0. The lowest BCUT2D eigenvalue weighted by molar-refractivity contribution is -0.147. The molecule has 2 saturated carbocycles. The minimum atomic E-state index is -0.109. The topological polar surface area (TPSA) is 26.3 Å². The third-order valence-corrected chi connectivity index (χ3v) is 3.92. The molecule has 3 heteroatoms. The first-order valence-corrected chi connectivity index (χ1v) is 4.89. The molecule has 4 unspecified atom stereocenters. The predicted molar refractivity (Wildman–Crippen MR) is 46.0 cm³/mol. The lowest BCUT2D eigenvalue weighted by Crippen LogP contribution is -2.30. The van der Waals surface area contributed by atoms with Gasteiger partial charge in [-0.25, -0.2) is 0 Å². The van der Waals surface area contributed by atoms with Gasteiger partial charge in [0.25, 0.3) is 0 Å². The number of hydrogen-bond donors (Lipinski definition) is 0. The van der Waals surface area contributed by atoms with Crippen LogP contribution in [0.5, 0.6) is 0 Å². The van der Waals surface area contributed by atoms with E-state index in [1.54, 1.807) is 0 Å². The van der Waals surface area contributed by atoms with Crippen molar-refractivity contribution in [1.82, 2.24) is 0 Å². The molecule has 2 rings (SSSR count). The zero-order chi connectivity index (χ0) is 8.72. The highest BCUT2D eigenvalue weighted by molar-refractivity contribution is 6.22.